The Morgan fingerprint density at radius 2 is 1.89 bits per heavy atom. The number of ether oxygens (including phenoxy) is 1. The number of benzene rings is 1. The van der Waals surface area contributed by atoms with E-state index in [1.165, 1.54) is 36.5 Å². The highest BCUT2D eigenvalue weighted by Gasteiger charge is 2.11. The molecule has 1 aromatic carbocycles. The number of aromatic nitrogens is 1. The Hall–Kier alpha value is -2.96. The Bertz CT molecular complexity index is 675. The summed E-state index contributed by atoms with van der Waals surface area (Å²) in [5.74, 6) is -0.590. The Morgan fingerprint density at radius 1 is 1.21 bits per heavy atom. The smallest absolute Gasteiger partial charge is 0.343 e. The standard InChI is InChI=1S/C12H8N2O5/c15-11-7-10(5-6-13-11)19-12(16)8-1-3-9(4-2-8)14(17)18/h1-7H,(H,13,15). The maximum absolute atomic E-state index is 11.7. The fourth-order valence-corrected chi connectivity index (χ4v) is 1.37. The van der Waals surface area contributed by atoms with Gasteiger partial charge in [-0.3, -0.25) is 14.9 Å². The van der Waals surface area contributed by atoms with Crippen LogP contribution in [-0.2, 0) is 0 Å². The van der Waals surface area contributed by atoms with Crippen LogP contribution in [0.2, 0.25) is 0 Å². The van der Waals surface area contributed by atoms with Crippen molar-refractivity contribution in [3.05, 3.63) is 68.6 Å². The predicted octanol–water partition coefficient (Wildman–Crippen LogP) is 1.50. The number of non-ortho nitro benzene ring substituents is 1. The molecule has 0 radical (unpaired) electrons. The third-order valence-corrected chi connectivity index (χ3v) is 2.27. The number of nitrogens with zero attached hydrogens (tertiary/aromatic N) is 1. The number of hydrogen-bond acceptors (Lipinski definition) is 5. The van der Waals surface area contributed by atoms with Crippen LogP contribution in [0.15, 0.2) is 47.4 Å². The van der Waals surface area contributed by atoms with Gasteiger partial charge in [0.05, 0.1) is 10.5 Å². The molecule has 0 aliphatic rings. The quantitative estimate of drug-likeness (QED) is 0.511. The third kappa shape index (κ3) is 3.03. The van der Waals surface area contributed by atoms with Gasteiger partial charge in [-0.25, -0.2) is 4.79 Å². The van der Waals surface area contributed by atoms with Gasteiger partial charge in [-0.05, 0) is 18.2 Å². The Balaban J connectivity index is 2.16. The number of aromatic amines is 1. The first-order valence-electron chi connectivity index (χ1n) is 5.21. The van der Waals surface area contributed by atoms with Crippen LogP contribution in [0.5, 0.6) is 5.75 Å². The summed E-state index contributed by atoms with van der Waals surface area (Å²) in [6.07, 6.45) is 1.35. The van der Waals surface area contributed by atoms with Gasteiger partial charge in [0.1, 0.15) is 5.75 Å². The zero-order valence-corrected chi connectivity index (χ0v) is 9.53. The molecule has 0 fully saturated rings. The molecule has 0 spiro atoms. The fraction of sp³-hybridized carbons (Fsp3) is 0. The van der Waals surface area contributed by atoms with Crippen LogP contribution in [0.3, 0.4) is 0 Å². The van der Waals surface area contributed by atoms with E-state index >= 15 is 0 Å². The van der Waals surface area contributed by atoms with Crippen LogP contribution >= 0.6 is 0 Å². The van der Waals surface area contributed by atoms with Gasteiger partial charge >= 0.3 is 5.97 Å². The number of nitrogens with one attached hydrogen (secondary N) is 1. The minimum absolute atomic E-state index is 0.104. The second-order valence-electron chi connectivity index (χ2n) is 3.58. The molecule has 0 aliphatic heterocycles. The van der Waals surface area contributed by atoms with E-state index in [2.05, 4.69) is 4.98 Å². The van der Waals surface area contributed by atoms with E-state index in [0.717, 1.165) is 6.07 Å². The van der Waals surface area contributed by atoms with Crippen molar-refractivity contribution in [2.75, 3.05) is 0 Å². The third-order valence-electron chi connectivity index (χ3n) is 2.27. The highest BCUT2D eigenvalue weighted by molar-refractivity contribution is 5.91. The molecule has 0 amide bonds. The predicted molar refractivity (Wildman–Crippen MR) is 65.1 cm³/mol. The zero-order valence-electron chi connectivity index (χ0n) is 9.53. The number of rotatable bonds is 3. The lowest BCUT2D eigenvalue weighted by atomic mass is 10.2. The number of esters is 1. The average molecular weight is 260 g/mol. The second kappa shape index (κ2) is 5.13. The molecule has 1 N–H and O–H groups in total. The molecule has 1 heterocycles. The van der Waals surface area contributed by atoms with Crippen molar-refractivity contribution in [2.45, 2.75) is 0 Å². The normalized spacial score (nSPS) is 9.89. The van der Waals surface area contributed by atoms with E-state index in [4.69, 9.17) is 4.74 Å². The van der Waals surface area contributed by atoms with Crippen molar-refractivity contribution in [3.63, 3.8) is 0 Å². The van der Waals surface area contributed by atoms with Gasteiger partial charge in [-0.1, -0.05) is 0 Å². The van der Waals surface area contributed by atoms with E-state index < -0.39 is 16.5 Å². The maximum Gasteiger partial charge on any atom is 0.343 e. The van der Waals surface area contributed by atoms with Crippen molar-refractivity contribution in [3.8, 4) is 5.75 Å². The number of pyridine rings is 1. The van der Waals surface area contributed by atoms with E-state index in [9.17, 15) is 19.7 Å². The highest BCUT2D eigenvalue weighted by Crippen LogP contribution is 2.14. The summed E-state index contributed by atoms with van der Waals surface area (Å²) in [6, 6.07) is 7.53. The highest BCUT2D eigenvalue weighted by atomic mass is 16.6. The van der Waals surface area contributed by atoms with E-state index in [0.29, 0.717) is 0 Å². The van der Waals surface area contributed by atoms with Gasteiger partial charge in [0.25, 0.3) is 11.2 Å². The van der Waals surface area contributed by atoms with E-state index in [-0.39, 0.29) is 17.0 Å². The van der Waals surface area contributed by atoms with Gasteiger partial charge in [0.15, 0.2) is 0 Å². The summed E-state index contributed by atoms with van der Waals surface area (Å²) in [4.78, 5) is 35.0. The molecule has 0 aliphatic carbocycles. The molecule has 0 unspecified atom stereocenters. The monoisotopic (exact) mass is 260 g/mol. The lowest BCUT2D eigenvalue weighted by molar-refractivity contribution is -0.384. The molecule has 7 nitrogen and oxygen atoms in total. The lowest BCUT2D eigenvalue weighted by Gasteiger charge is -2.03. The fourth-order valence-electron chi connectivity index (χ4n) is 1.37. The summed E-state index contributed by atoms with van der Waals surface area (Å²) in [7, 11) is 0. The van der Waals surface area contributed by atoms with Crippen LogP contribution in [0.25, 0.3) is 0 Å². The molecule has 96 valence electrons. The summed E-state index contributed by atoms with van der Waals surface area (Å²) in [6.45, 7) is 0. The Labute approximate surface area is 106 Å². The summed E-state index contributed by atoms with van der Waals surface area (Å²) >= 11 is 0. The number of nitro groups is 1. The molecule has 7 heteroatoms. The van der Waals surface area contributed by atoms with Crippen LogP contribution in [0.1, 0.15) is 10.4 Å². The SMILES string of the molecule is O=C(Oc1cc[nH]c(=O)c1)c1ccc([N+](=O)[O-])cc1. The Kier molecular flexibility index (Phi) is 3.37. The molecule has 1 aromatic heterocycles. The first-order valence-corrected chi connectivity index (χ1v) is 5.21. The van der Waals surface area contributed by atoms with Crippen molar-refractivity contribution >= 4 is 11.7 Å². The molecule has 0 saturated heterocycles. The number of carbonyl (C=O) groups excluding carboxylic acids is 1. The summed E-state index contributed by atoms with van der Waals surface area (Å²) in [5.41, 5.74) is -0.354. The number of nitro benzene ring substituents is 1. The first kappa shape index (κ1) is 12.5. The van der Waals surface area contributed by atoms with Crippen molar-refractivity contribution in [1.29, 1.82) is 0 Å². The van der Waals surface area contributed by atoms with Gasteiger partial charge in [-0.2, -0.15) is 0 Å². The topological polar surface area (TPSA) is 102 Å². The van der Waals surface area contributed by atoms with Gasteiger partial charge in [0.2, 0.25) is 0 Å². The molecule has 0 saturated carbocycles. The first-order chi connectivity index (χ1) is 9.06. The zero-order chi connectivity index (χ0) is 13.8. The molecule has 2 aromatic rings. The minimum Gasteiger partial charge on any atom is -0.423 e. The van der Waals surface area contributed by atoms with E-state index in [1.807, 2.05) is 0 Å². The molecule has 0 atom stereocenters. The largest absolute Gasteiger partial charge is 0.423 e. The molecule has 0 bridgehead atoms. The van der Waals surface area contributed by atoms with Crippen molar-refractivity contribution < 1.29 is 14.5 Å². The second-order valence-corrected chi connectivity index (χ2v) is 3.58. The summed E-state index contributed by atoms with van der Waals surface area (Å²) in [5, 5.41) is 10.5. The average Bonchev–Trinajstić information content (AvgIpc) is 2.39. The molecule has 2 rings (SSSR count). The van der Waals surface area contributed by atoms with Crippen LogP contribution < -0.4 is 10.3 Å². The summed E-state index contributed by atoms with van der Waals surface area (Å²) < 4.78 is 4.95. The van der Waals surface area contributed by atoms with E-state index in [1.54, 1.807) is 0 Å². The van der Waals surface area contributed by atoms with Crippen molar-refractivity contribution in [1.82, 2.24) is 4.98 Å². The van der Waals surface area contributed by atoms with Crippen LogP contribution in [0, 0.1) is 10.1 Å². The maximum atomic E-state index is 11.7. The lowest BCUT2D eigenvalue weighted by Crippen LogP contribution is -2.11. The number of H-pyrrole nitrogens is 1. The molecular weight excluding hydrogens is 252 g/mol. The van der Waals surface area contributed by atoms with Crippen LogP contribution in [-0.4, -0.2) is 15.9 Å². The van der Waals surface area contributed by atoms with Gasteiger partial charge < -0.3 is 9.72 Å². The molecule has 19 heavy (non-hydrogen) atoms. The molecular formula is C12H8N2O5. The minimum atomic E-state index is -0.694. The van der Waals surface area contributed by atoms with Gasteiger partial charge in [0, 0.05) is 24.4 Å². The van der Waals surface area contributed by atoms with Crippen molar-refractivity contribution in [2.24, 2.45) is 0 Å². The number of hydrogen-bond donors (Lipinski definition) is 1. The van der Waals surface area contributed by atoms with Gasteiger partial charge in [-0.15, -0.1) is 0 Å². The van der Waals surface area contributed by atoms with Crippen LogP contribution in [0.4, 0.5) is 5.69 Å². The number of carbonyl (C=O) groups is 1. The Morgan fingerprint density at radius 3 is 2.47 bits per heavy atom.